The van der Waals surface area contributed by atoms with Gasteiger partial charge < -0.3 is 15.2 Å². The molecule has 0 fully saturated rings. The normalized spacial score (nSPS) is 11.3. The fraction of sp³-hybridized carbons (Fsp3) is 0.467. The van der Waals surface area contributed by atoms with Gasteiger partial charge in [-0.2, -0.15) is 0 Å². The maximum Gasteiger partial charge on any atom is 0.268 e. The summed E-state index contributed by atoms with van der Waals surface area (Å²) in [4.78, 5) is 23.9. The van der Waals surface area contributed by atoms with Crippen LogP contribution < -0.4 is 10.6 Å². The molecule has 21 heavy (non-hydrogen) atoms. The van der Waals surface area contributed by atoms with Gasteiger partial charge in [0.05, 0.1) is 16.8 Å². The molecule has 2 aromatic rings. The molecule has 0 unspecified atom stereocenters. The molecule has 0 bridgehead atoms. The summed E-state index contributed by atoms with van der Waals surface area (Å²) in [6, 6.07) is 4.15. The second-order valence-electron chi connectivity index (χ2n) is 5.57. The van der Waals surface area contributed by atoms with Crippen LogP contribution in [0.5, 0.6) is 0 Å². The number of thiophene rings is 1. The molecule has 0 aliphatic carbocycles. The Labute approximate surface area is 128 Å². The molecule has 0 atom stereocenters. The molecule has 2 rings (SSSR count). The van der Waals surface area contributed by atoms with Gasteiger partial charge in [0.25, 0.3) is 5.91 Å². The third-order valence-corrected chi connectivity index (χ3v) is 3.92. The average Bonchev–Trinajstić information content (AvgIpc) is 2.93. The summed E-state index contributed by atoms with van der Waals surface area (Å²) in [6.45, 7) is 7.85. The Morgan fingerprint density at radius 2 is 2.00 bits per heavy atom. The van der Waals surface area contributed by atoms with E-state index in [0.717, 1.165) is 10.2 Å². The topological polar surface area (TPSA) is 63.1 Å². The van der Waals surface area contributed by atoms with Crippen LogP contribution in [-0.2, 0) is 4.79 Å². The van der Waals surface area contributed by atoms with Crippen LogP contribution in [0.4, 0.5) is 0 Å². The first-order chi connectivity index (χ1) is 9.90. The summed E-state index contributed by atoms with van der Waals surface area (Å²) < 4.78 is 3.09. The van der Waals surface area contributed by atoms with Crippen LogP contribution in [0.25, 0.3) is 10.2 Å². The van der Waals surface area contributed by atoms with E-state index in [-0.39, 0.29) is 30.4 Å². The molecule has 0 aromatic carbocycles. The summed E-state index contributed by atoms with van der Waals surface area (Å²) in [5.74, 6) is -0.395. The molecule has 6 heteroatoms. The quantitative estimate of drug-likeness (QED) is 0.891. The van der Waals surface area contributed by atoms with Gasteiger partial charge in [0.2, 0.25) is 5.91 Å². The zero-order valence-electron chi connectivity index (χ0n) is 12.8. The van der Waals surface area contributed by atoms with E-state index in [4.69, 9.17) is 0 Å². The standard InChI is InChI=1S/C15H21N3O2S/c1-9(2)17-14(19)8-16-15(20)12-7-13-11(5-6-21-13)18(12)10(3)4/h5-7,9-10H,8H2,1-4H3,(H,16,20)(H,17,19). The molecule has 2 heterocycles. The van der Waals surface area contributed by atoms with Crippen LogP contribution in [0, 0.1) is 0 Å². The first-order valence-corrected chi connectivity index (χ1v) is 7.94. The summed E-state index contributed by atoms with van der Waals surface area (Å²) >= 11 is 1.61. The fourth-order valence-electron chi connectivity index (χ4n) is 2.30. The number of hydrogen-bond acceptors (Lipinski definition) is 3. The lowest BCUT2D eigenvalue weighted by atomic mass is 10.3. The van der Waals surface area contributed by atoms with E-state index in [1.165, 1.54) is 0 Å². The van der Waals surface area contributed by atoms with Crippen LogP contribution in [0.2, 0.25) is 0 Å². The molecule has 0 saturated heterocycles. The molecule has 0 aliphatic heterocycles. The van der Waals surface area contributed by atoms with Crippen molar-refractivity contribution in [1.29, 1.82) is 0 Å². The van der Waals surface area contributed by atoms with Gasteiger partial charge in [-0.1, -0.05) is 0 Å². The van der Waals surface area contributed by atoms with Gasteiger partial charge in [-0.15, -0.1) is 11.3 Å². The molecule has 2 amide bonds. The van der Waals surface area contributed by atoms with Crippen LogP contribution in [0.15, 0.2) is 17.5 Å². The predicted molar refractivity (Wildman–Crippen MR) is 85.8 cm³/mol. The number of fused-ring (bicyclic) bond motifs is 1. The van der Waals surface area contributed by atoms with Crippen LogP contribution in [-0.4, -0.2) is 29.0 Å². The van der Waals surface area contributed by atoms with Crippen molar-refractivity contribution in [1.82, 2.24) is 15.2 Å². The molecular weight excluding hydrogens is 286 g/mol. The minimum Gasteiger partial charge on any atom is -0.352 e. The Morgan fingerprint density at radius 3 is 2.62 bits per heavy atom. The average molecular weight is 307 g/mol. The number of nitrogens with zero attached hydrogens (tertiary/aromatic N) is 1. The van der Waals surface area contributed by atoms with Crippen molar-refractivity contribution in [2.75, 3.05) is 6.54 Å². The van der Waals surface area contributed by atoms with Crippen LogP contribution in [0.3, 0.4) is 0 Å². The van der Waals surface area contributed by atoms with Crippen molar-refractivity contribution in [2.45, 2.75) is 39.8 Å². The summed E-state index contributed by atoms with van der Waals surface area (Å²) in [5, 5.41) is 7.45. The zero-order valence-corrected chi connectivity index (χ0v) is 13.6. The van der Waals surface area contributed by atoms with Gasteiger partial charge in [-0.25, -0.2) is 0 Å². The maximum atomic E-state index is 12.3. The van der Waals surface area contributed by atoms with Crippen molar-refractivity contribution in [2.24, 2.45) is 0 Å². The Balaban J connectivity index is 2.14. The Morgan fingerprint density at radius 1 is 1.29 bits per heavy atom. The van der Waals surface area contributed by atoms with Gasteiger partial charge in [0.15, 0.2) is 0 Å². The van der Waals surface area contributed by atoms with Crippen molar-refractivity contribution >= 4 is 33.4 Å². The first-order valence-electron chi connectivity index (χ1n) is 7.06. The number of nitrogens with one attached hydrogen (secondary N) is 2. The Kier molecular flexibility index (Phi) is 4.67. The van der Waals surface area contributed by atoms with Crippen molar-refractivity contribution in [3.8, 4) is 0 Å². The molecule has 2 N–H and O–H groups in total. The highest BCUT2D eigenvalue weighted by atomic mass is 32.1. The van der Waals surface area contributed by atoms with E-state index in [0.29, 0.717) is 5.69 Å². The van der Waals surface area contributed by atoms with E-state index in [9.17, 15) is 9.59 Å². The SMILES string of the molecule is CC(C)NC(=O)CNC(=O)c1cc2sccc2n1C(C)C. The van der Waals surface area contributed by atoms with E-state index in [2.05, 4.69) is 10.6 Å². The van der Waals surface area contributed by atoms with Gasteiger partial charge in [0, 0.05) is 12.1 Å². The predicted octanol–water partition coefficient (Wildman–Crippen LogP) is 2.54. The second kappa shape index (κ2) is 6.30. The Bertz CT molecular complexity index is 655. The summed E-state index contributed by atoms with van der Waals surface area (Å²) in [5.41, 5.74) is 1.66. The van der Waals surface area contributed by atoms with Gasteiger partial charge >= 0.3 is 0 Å². The van der Waals surface area contributed by atoms with Crippen molar-refractivity contribution in [3.63, 3.8) is 0 Å². The highest BCUT2D eigenvalue weighted by molar-refractivity contribution is 7.17. The van der Waals surface area contributed by atoms with Gasteiger partial charge in [-0.05, 0) is 45.2 Å². The monoisotopic (exact) mass is 307 g/mol. The van der Waals surface area contributed by atoms with E-state index < -0.39 is 0 Å². The summed E-state index contributed by atoms with van der Waals surface area (Å²) in [6.07, 6.45) is 0. The molecule has 5 nitrogen and oxygen atoms in total. The third-order valence-electron chi connectivity index (χ3n) is 3.07. The molecule has 2 aromatic heterocycles. The molecule has 0 radical (unpaired) electrons. The number of hydrogen-bond donors (Lipinski definition) is 2. The number of aromatic nitrogens is 1. The van der Waals surface area contributed by atoms with E-state index >= 15 is 0 Å². The second-order valence-corrected chi connectivity index (χ2v) is 6.52. The molecule has 0 saturated carbocycles. The molecule has 114 valence electrons. The molecular formula is C15H21N3O2S. The first kappa shape index (κ1) is 15.6. The zero-order chi connectivity index (χ0) is 15.6. The number of carbonyl (C=O) groups is 2. The van der Waals surface area contributed by atoms with Crippen molar-refractivity contribution < 1.29 is 9.59 Å². The summed E-state index contributed by atoms with van der Waals surface area (Å²) in [7, 11) is 0. The molecule has 0 spiro atoms. The smallest absolute Gasteiger partial charge is 0.268 e. The fourth-order valence-corrected chi connectivity index (χ4v) is 3.11. The largest absolute Gasteiger partial charge is 0.352 e. The lowest BCUT2D eigenvalue weighted by molar-refractivity contribution is -0.120. The van der Waals surface area contributed by atoms with Crippen LogP contribution in [0.1, 0.15) is 44.2 Å². The lowest BCUT2D eigenvalue weighted by Gasteiger charge is -2.14. The number of carbonyl (C=O) groups excluding carboxylic acids is 2. The maximum absolute atomic E-state index is 12.3. The number of rotatable bonds is 5. The van der Waals surface area contributed by atoms with Crippen LogP contribution >= 0.6 is 11.3 Å². The van der Waals surface area contributed by atoms with Gasteiger partial charge in [-0.3, -0.25) is 9.59 Å². The minimum absolute atomic E-state index is 0.00601. The number of amides is 2. The third kappa shape index (κ3) is 3.44. The lowest BCUT2D eigenvalue weighted by Crippen LogP contribution is -2.40. The molecule has 0 aliphatic rings. The van der Waals surface area contributed by atoms with Gasteiger partial charge in [0.1, 0.15) is 5.69 Å². The minimum atomic E-state index is -0.217. The van der Waals surface area contributed by atoms with E-state index in [1.54, 1.807) is 11.3 Å². The Hall–Kier alpha value is -1.82. The highest BCUT2D eigenvalue weighted by Crippen LogP contribution is 2.28. The van der Waals surface area contributed by atoms with E-state index in [1.807, 2.05) is 49.8 Å². The van der Waals surface area contributed by atoms with Crippen molar-refractivity contribution in [3.05, 3.63) is 23.2 Å². The highest BCUT2D eigenvalue weighted by Gasteiger charge is 2.18.